The number of rotatable bonds is 2. The molecule has 1 fully saturated rings. The lowest BCUT2D eigenvalue weighted by molar-refractivity contribution is -0.00659. The Kier molecular flexibility index (Phi) is 3.03. The summed E-state index contributed by atoms with van der Waals surface area (Å²) in [6, 6.07) is 0. The second-order valence-electron chi connectivity index (χ2n) is 3.24. The van der Waals surface area contributed by atoms with Gasteiger partial charge in [0.15, 0.2) is 11.6 Å². The van der Waals surface area contributed by atoms with Gasteiger partial charge in [-0.3, -0.25) is 4.57 Å². The molecule has 0 radical (unpaired) electrons. The third kappa shape index (κ3) is 1.99. The van der Waals surface area contributed by atoms with Gasteiger partial charge >= 0.3 is 5.69 Å². The summed E-state index contributed by atoms with van der Waals surface area (Å²) in [6.07, 6.45) is 0.656. The molecule has 0 amide bonds. The highest BCUT2D eigenvalue weighted by Crippen LogP contribution is 2.31. The summed E-state index contributed by atoms with van der Waals surface area (Å²) in [5, 5.41) is 18.2. The van der Waals surface area contributed by atoms with E-state index in [-0.39, 0.29) is 23.6 Å². The van der Waals surface area contributed by atoms with Crippen LogP contribution in [0.3, 0.4) is 0 Å². The molecule has 88 valence electrons. The molecule has 2 atom stereocenters. The smallest absolute Gasteiger partial charge is 0.351 e. The van der Waals surface area contributed by atoms with E-state index >= 15 is 0 Å². The van der Waals surface area contributed by atoms with E-state index in [2.05, 4.69) is 4.98 Å². The Morgan fingerprint density at radius 3 is 3.12 bits per heavy atom. The number of aromatic hydroxyl groups is 1. The average Bonchev–Trinajstić information content (AvgIpc) is 2.71. The lowest BCUT2D eigenvalue weighted by atomic mass is 10.5. The van der Waals surface area contributed by atoms with Gasteiger partial charge in [-0.25, -0.2) is 4.79 Å². The van der Waals surface area contributed by atoms with E-state index in [0.29, 0.717) is 5.75 Å². The predicted octanol–water partition coefficient (Wildman–Crippen LogP) is -0.889. The average molecular weight is 245 g/mol. The molecule has 1 aromatic rings. The van der Waals surface area contributed by atoms with Crippen molar-refractivity contribution in [3.05, 3.63) is 16.7 Å². The fraction of sp³-hybridized carbons (Fsp3) is 0.500. The Bertz CT molecular complexity index is 449. The van der Waals surface area contributed by atoms with Crippen LogP contribution in [0.1, 0.15) is 6.23 Å². The van der Waals surface area contributed by atoms with Crippen molar-refractivity contribution in [2.24, 2.45) is 0 Å². The minimum absolute atomic E-state index is 0.121. The molecule has 4 N–H and O–H groups in total. The molecule has 0 aromatic carbocycles. The zero-order valence-corrected chi connectivity index (χ0v) is 9.05. The number of aliphatic hydroxyl groups excluding tert-OH is 1. The molecule has 7 nitrogen and oxygen atoms in total. The van der Waals surface area contributed by atoms with Crippen molar-refractivity contribution in [3.63, 3.8) is 0 Å². The Labute approximate surface area is 94.9 Å². The summed E-state index contributed by atoms with van der Waals surface area (Å²) < 4.78 is 6.52. The van der Waals surface area contributed by atoms with E-state index in [1.807, 2.05) is 0 Å². The first-order valence-corrected chi connectivity index (χ1v) is 5.62. The van der Waals surface area contributed by atoms with Gasteiger partial charge in [-0.1, -0.05) is 0 Å². The zero-order valence-electron chi connectivity index (χ0n) is 8.24. The Hall–Kier alpha value is -1.25. The van der Waals surface area contributed by atoms with E-state index in [4.69, 9.17) is 15.6 Å². The van der Waals surface area contributed by atoms with E-state index in [1.54, 1.807) is 0 Å². The van der Waals surface area contributed by atoms with Gasteiger partial charge in [0.05, 0.1) is 12.8 Å². The molecular weight excluding hydrogens is 234 g/mol. The number of hydrogen-bond acceptors (Lipinski definition) is 7. The summed E-state index contributed by atoms with van der Waals surface area (Å²) in [6.45, 7) is -0.121. The number of aromatic nitrogens is 2. The number of nitrogen functional groups attached to an aromatic ring is 1. The molecule has 1 aromatic heterocycles. The van der Waals surface area contributed by atoms with Crippen molar-refractivity contribution in [2.45, 2.75) is 11.7 Å². The second kappa shape index (κ2) is 4.32. The zero-order chi connectivity index (χ0) is 11.7. The monoisotopic (exact) mass is 245 g/mol. The van der Waals surface area contributed by atoms with Crippen LogP contribution in [0.25, 0.3) is 0 Å². The quantitative estimate of drug-likeness (QED) is 0.620. The maximum Gasteiger partial charge on any atom is 0.351 e. The summed E-state index contributed by atoms with van der Waals surface area (Å²) in [5.41, 5.74) is 4.35. The maximum absolute atomic E-state index is 11.5. The van der Waals surface area contributed by atoms with Crippen molar-refractivity contribution in [2.75, 3.05) is 18.1 Å². The minimum Gasteiger partial charge on any atom is -0.503 e. The number of anilines is 1. The van der Waals surface area contributed by atoms with Crippen LogP contribution in [-0.2, 0) is 4.74 Å². The number of hydrogen-bond donors (Lipinski definition) is 3. The first-order chi connectivity index (χ1) is 7.61. The van der Waals surface area contributed by atoms with Crippen molar-refractivity contribution < 1.29 is 14.9 Å². The molecule has 1 aliphatic rings. The molecule has 1 aliphatic heterocycles. The lowest BCUT2D eigenvalue weighted by Crippen LogP contribution is -2.28. The van der Waals surface area contributed by atoms with Crippen LogP contribution in [-0.4, -0.2) is 37.6 Å². The standard InChI is InChI=1S/C8H11N3O4S/c9-7-4(13)1-11(8(14)10-7)5-3-16-6(2-12)15-5/h1,5-6,12-13H,2-3H2,(H2,9,10,14). The Morgan fingerprint density at radius 2 is 2.50 bits per heavy atom. The van der Waals surface area contributed by atoms with Crippen molar-refractivity contribution in [1.82, 2.24) is 9.55 Å². The summed E-state index contributed by atoms with van der Waals surface area (Å²) in [7, 11) is 0. The van der Waals surface area contributed by atoms with Crippen LogP contribution in [0.15, 0.2) is 11.0 Å². The second-order valence-corrected chi connectivity index (χ2v) is 4.43. The van der Waals surface area contributed by atoms with Crippen LogP contribution in [0.5, 0.6) is 5.75 Å². The third-order valence-corrected chi connectivity index (χ3v) is 3.26. The molecule has 0 aliphatic carbocycles. The number of thioether (sulfide) groups is 1. The third-order valence-electron chi connectivity index (χ3n) is 2.15. The largest absolute Gasteiger partial charge is 0.503 e. The molecule has 2 rings (SSSR count). The normalized spacial score (nSPS) is 24.8. The van der Waals surface area contributed by atoms with Crippen LogP contribution in [0, 0.1) is 0 Å². The highest BCUT2D eigenvalue weighted by Gasteiger charge is 2.27. The van der Waals surface area contributed by atoms with Gasteiger partial charge < -0.3 is 20.7 Å². The molecule has 0 spiro atoms. The van der Waals surface area contributed by atoms with Gasteiger partial charge in [0.25, 0.3) is 0 Å². The van der Waals surface area contributed by atoms with Crippen LogP contribution < -0.4 is 11.4 Å². The SMILES string of the molecule is Nc1nc(=O)n(C2CSC(CO)O2)cc1O. The number of nitrogens with two attached hydrogens (primary N) is 1. The topological polar surface area (TPSA) is 111 Å². The first-order valence-electron chi connectivity index (χ1n) is 4.57. The number of aliphatic hydroxyl groups is 1. The fourth-order valence-corrected chi connectivity index (χ4v) is 2.29. The van der Waals surface area contributed by atoms with Gasteiger partial charge in [-0.15, -0.1) is 11.8 Å². The summed E-state index contributed by atoms with van der Waals surface area (Å²) in [4.78, 5) is 14.9. The molecule has 0 bridgehead atoms. The molecule has 2 unspecified atom stereocenters. The summed E-state index contributed by atoms with van der Waals surface area (Å²) >= 11 is 1.39. The summed E-state index contributed by atoms with van der Waals surface area (Å²) in [5.74, 6) is 0.0437. The van der Waals surface area contributed by atoms with Gasteiger partial charge in [0.2, 0.25) is 0 Å². The molecule has 2 heterocycles. The van der Waals surface area contributed by atoms with Gasteiger partial charge in [0, 0.05) is 5.75 Å². The first kappa shape index (κ1) is 11.2. The van der Waals surface area contributed by atoms with E-state index in [1.165, 1.54) is 18.0 Å². The molecule has 0 saturated carbocycles. The Morgan fingerprint density at radius 1 is 1.75 bits per heavy atom. The van der Waals surface area contributed by atoms with E-state index < -0.39 is 11.9 Å². The van der Waals surface area contributed by atoms with Crippen LogP contribution >= 0.6 is 11.8 Å². The minimum atomic E-state index is -0.584. The Balaban J connectivity index is 2.28. The van der Waals surface area contributed by atoms with E-state index in [9.17, 15) is 9.90 Å². The van der Waals surface area contributed by atoms with Gasteiger partial charge in [-0.2, -0.15) is 4.98 Å². The van der Waals surface area contributed by atoms with E-state index in [0.717, 1.165) is 4.57 Å². The fourth-order valence-electron chi connectivity index (χ4n) is 1.36. The molecule has 8 heteroatoms. The van der Waals surface area contributed by atoms with Gasteiger partial charge in [-0.05, 0) is 0 Å². The van der Waals surface area contributed by atoms with Crippen LogP contribution in [0.4, 0.5) is 5.82 Å². The molecule has 16 heavy (non-hydrogen) atoms. The highest BCUT2D eigenvalue weighted by atomic mass is 32.2. The van der Waals surface area contributed by atoms with Gasteiger partial charge in [0.1, 0.15) is 11.7 Å². The predicted molar refractivity (Wildman–Crippen MR) is 58.0 cm³/mol. The molecule has 1 saturated heterocycles. The van der Waals surface area contributed by atoms with Crippen molar-refractivity contribution in [3.8, 4) is 5.75 Å². The number of nitrogens with zero attached hydrogens (tertiary/aromatic N) is 2. The molecular formula is C8H11N3O4S. The van der Waals surface area contributed by atoms with Crippen molar-refractivity contribution in [1.29, 1.82) is 0 Å². The lowest BCUT2D eigenvalue weighted by Gasteiger charge is -2.13. The maximum atomic E-state index is 11.5. The highest BCUT2D eigenvalue weighted by molar-refractivity contribution is 8.00. The van der Waals surface area contributed by atoms with Crippen LogP contribution in [0.2, 0.25) is 0 Å². The number of ether oxygens (including phenoxy) is 1. The van der Waals surface area contributed by atoms with Crippen molar-refractivity contribution >= 4 is 17.6 Å².